The van der Waals surface area contributed by atoms with Crippen LogP contribution >= 0.6 is 0 Å². The van der Waals surface area contributed by atoms with E-state index < -0.39 is 29.5 Å². The molecule has 1 N–H and O–H groups in total. The Balaban J connectivity index is 1.59. The van der Waals surface area contributed by atoms with E-state index in [4.69, 9.17) is 4.74 Å². The van der Waals surface area contributed by atoms with E-state index in [2.05, 4.69) is 9.82 Å². The normalized spacial score (nSPS) is 15.2. The highest BCUT2D eigenvalue weighted by molar-refractivity contribution is 5.95. The lowest BCUT2D eigenvalue weighted by atomic mass is 9.94. The van der Waals surface area contributed by atoms with Gasteiger partial charge in [-0.1, -0.05) is 12.1 Å². The molecule has 1 aromatic carbocycles. The fraction of sp³-hybridized carbons (Fsp3) is 0.364. The van der Waals surface area contributed by atoms with E-state index in [9.17, 15) is 27.6 Å². The number of nitrogens with one attached hydrogen (secondary N) is 1. The van der Waals surface area contributed by atoms with Crippen LogP contribution in [0.25, 0.3) is 0 Å². The van der Waals surface area contributed by atoms with E-state index in [1.54, 1.807) is 36.7 Å². The van der Waals surface area contributed by atoms with Gasteiger partial charge in [0.05, 0.1) is 5.41 Å². The van der Waals surface area contributed by atoms with Crippen molar-refractivity contribution in [1.82, 2.24) is 15.4 Å². The standard InChI is InChI=1S/C22H22F3N3O5/c1-14(18(29)27-33-20(31)22(23,24)25)28(2)19(30)21(9-10-21)16-3-5-17(6-4-16)32-13-15-7-11-26-12-8-15/h3-8,11-12,14H,9-10,13H2,1-2H3,(H,27,29)/t14-/m0/s1. The smallest absolute Gasteiger partial charge is 0.489 e. The Morgan fingerprint density at radius 3 is 2.27 bits per heavy atom. The van der Waals surface area contributed by atoms with Crippen molar-refractivity contribution in [2.75, 3.05) is 7.05 Å². The van der Waals surface area contributed by atoms with E-state index in [-0.39, 0.29) is 5.91 Å². The topological polar surface area (TPSA) is 97.8 Å². The van der Waals surface area contributed by atoms with Crippen LogP contribution in [-0.4, -0.2) is 46.9 Å². The molecule has 0 saturated heterocycles. The first kappa shape index (κ1) is 24.0. The Bertz CT molecular complexity index is 1010. The number of aromatic nitrogens is 1. The Kier molecular flexibility index (Phi) is 6.89. The lowest BCUT2D eigenvalue weighted by molar-refractivity contribution is -0.208. The third-order valence-electron chi connectivity index (χ3n) is 5.48. The van der Waals surface area contributed by atoms with Gasteiger partial charge in [0.1, 0.15) is 18.4 Å². The summed E-state index contributed by atoms with van der Waals surface area (Å²) in [7, 11) is 1.37. The second kappa shape index (κ2) is 9.47. The van der Waals surface area contributed by atoms with Gasteiger partial charge in [0, 0.05) is 19.4 Å². The number of hydroxylamine groups is 1. The summed E-state index contributed by atoms with van der Waals surface area (Å²) in [5, 5.41) is 0. The zero-order valence-electron chi connectivity index (χ0n) is 17.9. The second-order valence-electron chi connectivity index (χ2n) is 7.70. The number of alkyl halides is 3. The van der Waals surface area contributed by atoms with Crippen molar-refractivity contribution >= 4 is 17.8 Å². The van der Waals surface area contributed by atoms with Crippen molar-refractivity contribution in [2.45, 2.75) is 44.0 Å². The number of halogens is 3. The van der Waals surface area contributed by atoms with E-state index in [0.29, 0.717) is 25.2 Å². The summed E-state index contributed by atoms with van der Waals surface area (Å²) in [6.45, 7) is 1.68. The molecule has 0 bridgehead atoms. The van der Waals surface area contributed by atoms with Gasteiger partial charge in [-0.2, -0.15) is 18.7 Å². The summed E-state index contributed by atoms with van der Waals surface area (Å²) in [6, 6.07) is 9.55. The second-order valence-corrected chi connectivity index (χ2v) is 7.70. The Hall–Kier alpha value is -3.63. The highest BCUT2D eigenvalue weighted by atomic mass is 19.4. The fourth-order valence-corrected chi connectivity index (χ4v) is 3.20. The summed E-state index contributed by atoms with van der Waals surface area (Å²) >= 11 is 0. The van der Waals surface area contributed by atoms with Crippen molar-refractivity contribution in [3.8, 4) is 5.75 Å². The molecule has 0 spiro atoms. The molecule has 1 heterocycles. The number of carbonyl (C=O) groups excluding carboxylic acids is 3. The van der Waals surface area contributed by atoms with Crippen LogP contribution < -0.4 is 10.2 Å². The lowest BCUT2D eigenvalue weighted by Gasteiger charge is -2.28. The van der Waals surface area contributed by atoms with Crippen LogP contribution in [0, 0.1) is 0 Å². The first-order chi connectivity index (χ1) is 15.5. The van der Waals surface area contributed by atoms with Gasteiger partial charge in [0.2, 0.25) is 5.91 Å². The van der Waals surface area contributed by atoms with E-state index in [1.807, 2.05) is 12.1 Å². The highest BCUT2D eigenvalue weighted by Gasteiger charge is 2.53. The molecule has 1 aliphatic carbocycles. The Morgan fingerprint density at radius 1 is 1.12 bits per heavy atom. The van der Waals surface area contributed by atoms with Gasteiger partial charge in [-0.15, -0.1) is 0 Å². The SMILES string of the molecule is C[C@@H](C(=O)NOC(=O)C(F)(F)F)N(C)C(=O)C1(c2ccc(OCc3ccncc3)cc2)CC1. The van der Waals surface area contributed by atoms with Gasteiger partial charge in [-0.3, -0.25) is 14.6 Å². The minimum absolute atomic E-state index is 0.361. The average molecular weight is 465 g/mol. The number of pyridine rings is 1. The third kappa shape index (κ3) is 5.60. The molecular weight excluding hydrogens is 443 g/mol. The number of benzene rings is 1. The van der Waals surface area contributed by atoms with E-state index in [0.717, 1.165) is 16.0 Å². The van der Waals surface area contributed by atoms with E-state index in [1.165, 1.54) is 19.5 Å². The number of amides is 2. The largest absolute Gasteiger partial charge is 0.493 e. The molecule has 0 radical (unpaired) electrons. The zero-order chi connectivity index (χ0) is 24.2. The third-order valence-corrected chi connectivity index (χ3v) is 5.48. The van der Waals surface area contributed by atoms with Crippen molar-refractivity contribution in [3.05, 3.63) is 59.9 Å². The summed E-state index contributed by atoms with van der Waals surface area (Å²) < 4.78 is 42.3. The molecule has 1 atom stereocenters. The van der Waals surface area contributed by atoms with Crippen molar-refractivity contribution in [1.29, 1.82) is 0 Å². The van der Waals surface area contributed by atoms with Crippen molar-refractivity contribution < 1.29 is 37.1 Å². The number of likely N-dealkylation sites (N-methyl/N-ethyl adjacent to an activating group) is 1. The molecular formula is C22H22F3N3O5. The van der Waals surface area contributed by atoms with Crippen molar-refractivity contribution in [2.24, 2.45) is 0 Å². The fourth-order valence-electron chi connectivity index (χ4n) is 3.20. The van der Waals surface area contributed by atoms with Gasteiger partial charge >= 0.3 is 12.1 Å². The first-order valence-electron chi connectivity index (χ1n) is 10.0. The summed E-state index contributed by atoms with van der Waals surface area (Å²) in [4.78, 5) is 44.7. The first-order valence-corrected chi connectivity index (χ1v) is 10.0. The van der Waals surface area contributed by atoms with Gasteiger partial charge in [-0.25, -0.2) is 4.79 Å². The molecule has 3 rings (SSSR count). The molecule has 8 nitrogen and oxygen atoms in total. The summed E-state index contributed by atoms with van der Waals surface area (Å²) in [6.07, 6.45) is -0.787. The number of ether oxygens (including phenoxy) is 1. The van der Waals surface area contributed by atoms with Gasteiger partial charge in [0.15, 0.2) is 0 Å². The molecule has 176 valence electrons. The van der Waals surface area contributed by atoms with Crippen LogP contribution in [0.1, 0.15) is 30.9 Å². The van der Waals surface area contributed by atoms with Crippen LogP contribution in [0.5, 0.6) is 5.75 Å². The number of hydrogen-bond acceptors (Lipinski definition) is 6. The molecule has 1 saturated carbocycles. The maximum atomic E-state index is 13.1. The van der Waals surface area contributed by atoms with E-state index >= 15 is 0 Å². The average Bonchev–Trinajstić information content (AvgIpc) is 3.62. The van der Waals surface area contributed by atoms with Crippen LogP contribution in [-0.2, 0) is 31.2 Å². The molecule has 1 aromatic heterocycles. The van der Waals surface area contributed by atoms with Crippen LogP contribution in [0.2, 0.25) is 0 Å². The molecule has 2 aromatic rings. The molecule has 1 fully saturated rings. The molecule has 33 heavy (non-hydrogen) atoms. The number of hydrogen-bond donors (Lipinski definition) is 1. The Labute approximate surface area is 187 Å². The zero-order valence-corrected chi connectivity index (χ0v) is 17.9. The minimum atomic E-state index is -5.25. The van der Waals surface area contributed by atoms with Crippen LogP contribution in [0.3, 0.4) is 0 Å². The maximum Gasteiger partial charge on any atom is 0.493 e. The molecule has 11 heteroatoms. The quantitative estimate of drug-likeness (QED) is 0.632. The highest BCUT2D eigenvalue weighted by Crippen LogP contribution is 2.50. The van der Waals surface area contributed by atoms with Gasteiger partial charge in [0.25, 0.3) is 5.91 Å². The lowest BCUT2D eigenvalue weighted by Crippen LogP contribution is -2.50. The van der Waals surface area contributed by atoms with Gasteiger partial charge < -0.3 is 14.5 Å². The number of rotatable bonds is 7. The van der Waals surface area contributed by atoms with Crippen molar-refractivity contribution in [3.63, 3.8) is 0 Å². The predicted octanol–water partition coefficient (Wildman–Crippen LogP) is 2.68. The summed E-state index contributed by atoms with van der Waals surface area (Å²) in [5.41, 5.74) is 2.32. The number of nitrogens with zero attached hydrogens (tertiary/aromatic N) is 2. The molecule has 1 aliphatic rings. The predicted molar refractivity (Wildman–Crippen MR) is 108 cm³/mol. The van der Waals surface area contributed by atoms with Crippen LogP contribution in [0.4, 0.5) is 13.2 Å². The van der Waals surface area contributed by atoms with Gasteiger partial charge in [-0.05, 0) is 55.2 Å². The number of carbonyl (C=O) groups is 3. The molecule has 0 aliphatic heterocycles. The minimum Gasteiger partial charge on any atom is -0.489 e. The van der Waals surface area contributed by atoms with Crippen LogP contribution in [0.15, 0.2) is 48.8 Å². The maximum absolute atomic E-state index is 13.1. The summed E-state index contributed by atoms with van der Waals surface area (Å²) in [5.74, 6) is -3.36. The molecule has 2 amide bonds. The monoisotopic (exact) mass is 465 g/mol. The Morgan fingerprint density at radius 2 is 1.73 bits per heavy atom. The molecule has 0 unspecified atom stereocenters.